The maximum Gasteiger partial charge on any atom is 0.493 e. The molecule has 0 saturated carbocycles. The summed E-state index contributed by atoms with van der Waals surface area (Å²) in [4.78, 5) is 0. The van der Waals surface area contributed by atoms with Crippen LogP contribution in [0.25, 0.3) is 11.1 Å². The number of hydrogen-bond donors (Lipinski definition) is 0. The molecular formula is C22H27BO2Si. The monoisotopic (exact) mass is 362 g/mol. The molecule has 0 atom stereocenters. The third-order valence-corrected chi connectivity index (χ3v) is 5.11. The normalized spacial score (nSPS) is 16.7. The predicted molar refractivity (Wildman–Crippen MR) is 113 cm³/mol. The maximum atomic E-state index is 5.86. The van der Waals surface area contributed by atoms with Crippen LogP contribution < -0.4 is 5.46 Å². The zero-order valence-electron chi connectivity index (χ0n) is 16.4. The minimum atomic E-state index is -1.33. The van der Waals surface area contributed by atoms with Crippen LogP contribution in [0.3, 0.4) is 0 Å². The summed E-state index contributed by atoms with van der Waals surface area (Å²) in [5.41, 5.74) is 8.04. The minimum absolute atomic E-state index is 0.0938. The molecule has 2 nitrogen and oxygen atoms in total. The highest BCUT2D eigenvalue weighted by atomic mass is 28.3. The fourth-order valence-corrected chi connectivity index (χ4v) is 3.24. The van der Waals surface area contributed by atoms with E-state index < -0.39 is 8.07 Å². The zero-order valence-corrected chi connectivity index (χ0v) is 17.4. The fraction of sp³-hybridized carbons (Fsp3) is 0.364. The van der Waals surface area contributed by atoms with Gasteiger partial charge in [0.05, 0.1) is 0 Å². The average molecular weight is 362 g/mol. The molecule has 2 aromatic rings. The molecule has 0 amide bonds. The molecule has 134 valence electrons. The van der Waals surface area contributed by atoms with Crippen LogP contribution in [0.15, 0.2) is 48.5 Å². The van der Waals surface area contributed by atoms with Gasteiger partial charge in [0.25, 0.3) is 0 Å². The molecular weight excluding hydrogens is 335 g/mol. The summed E-state index contributed by atoms with van der Waals surface area (Å²) in [5, 5.41) is 0. The van der Waals surface area contributed by atoms with Crippen LogP contribution in [-0.2, 0) is 9.31 Å². The Labute approximate surface area is 159 Å². The summed E-state index contributed by atoms with van der Waals surface area (Å²) < 4.78 is 11.7. The highest BCUT2D eigenvalue weighted by Crippen LogP contribution is 2.22. The zero-order chi connectivity index (χ0) is 18.8. The van der Waals surface area contributed by atoms with Gasteiger partial charge < -0.3 is 9.31 Å². The van der Waals surface area contributed by atoms with Gasteiger partial charge in [-0.15, -0.1) is 5.54 Å². The van der Waals surface area contributed by atoms with Crippen molar-refractivity contribution >= 4 is 20.7 Å². The predicted octanol–water partition coefficient (Wildman–Crippen LogP) is 4.35. The molecule has 1 saturated heterocycles. The maximum absolute atomic E-state index is 5.86. The third-order valence-electron chi connectivity index (χ3n) is 4.23. The molecule has 0 radical (unpaired) electrons. The summed E-state index contributed by atoms with van der Waals surface area (Å²) in [6.07, 6.45) is 0. The minimum Gasteiger partial charge on any atom is -0.407 e. The second-order valence-corrected chi connectivity index (χ2v) is 13.6. The molecule has 0 unspecified atom stereocenters. The Balaban J connectivity index is 1.70. The van der Waals surface area contributed by atoms with Crippen molar-refractivity contribution in [1.29, 1.82) is 0 Å². The van der Waals surface area contributed by atoms with Crippen molar-refractivity contribution in [3.63, 3.8) is 0 Å². The highest BCUT2D eigenvalue weighted by molar-refractivity contribution is 6.83. The molecule has 4 heteroatoms. The van der Waals surface area contributed by atoms with Gasteiger partial charge in [-0.3, -0.25) is 0 Å². The van der Waals surface area contributed by atoms with Crippen molar-refractivity contribution in [2.45, 2.75) is 33.5 Å². The van der Waals surface area contributed by atoms with E-state index >= 15 is 0 Å². The summed E-state index contributed by atoms with van der Waals surface area (Å²) in [5.74, 6) is 3.30. The van der Waals surface area contributed by atoms with Gasteiger partial charge in [0.2, 0.25) is 0 Å². The topological polar surface area (TPSA) is 18.5 Å². The molecule has 1 heterocycles. The van der Waals surface area contributed by atoms with E-state index in [4.69, 9.17) is 9.31 Å². The van der Waals surface area contributed by atoms with Crippen LogP contribution in [0, 0.1) is 16.9 Å². The molecule has 26 heavy (non-hydrogen) atoms. The number of rotatable bonds is 2. The Kier molecular flexibility index (Phi) is 5.43. The third kappa shape index (κ3) is 5.11. The highest BCUT2D eigenvalue weighted by Gasteiger charge is 2.33. The SMILES string of the molecule is CC1(C)COB(c2ccc(-c3ccc(C#C[Si](C)(C)C)cc3)cc2)OC1. The molecule has 1 fully saturated rings. The van der Waals surface area contributed by atoms with Gasteiger partial charge in [-0.05, 0) is 28.7 Å². The van der Waals surface area contributed by atoms with Crippen LogP contribution in [0.1, 0.15) is 19.4 Å². The van der Waals surface area contributed by atoms with E-state index in [1.54, 1.807) is 0 Å². The summed E-state index contributed by atoms with van der Waals surface area (Å²) in [7, 11) is -1.59. The van der Waals surface area contributed by atoms with E-state index in [1.165, 1.54) is 11.1 Å². The fourth-order valence-electron chi connectivity index (χ4n) is 2.72. The Morgan fingerprint density at radius 2 is 1.35 bits per heavy atom. The lowest BCUT2D eigenvalue weighted by Gasteiger charge is -2.33. The van der Waals surface area contributed by atoms with Gasteiger partial charge in [-0.25, -0.2) is 0 Å². The first kappa shape index (κ1) is 19.0. The lowest BCUT2D eigenvalue weighted by atomic mass is 9.75. The summed E-state index contributed by atoms with van der Waals surface area (Å²) in [6.45, 7) is 12.5. The quantitative estimate of drug-likeness (QED) is 0.584. The standard InChI is InChI=1S/C22H27BO2Si/c1-22(2)16-24-23(25-17-22)21-12-10-20(11-13-21)19-8-6-18(7-9-19)14-15-26(3,4)5/h6-13H,16-17H2,1-5H3. The Bertz CT molecular complexity index is 798. The Morgan fingerprint density at radius 1 is 0.846 bits per heavy atom. The first-order valence-electron chi connectivity index (χ1n) is 9.19. The van der Waals surface area contributed by atoms with Crippen LogP contribution >= 0.6 is 0 Å². The molecule has 0 N–H and O–H groups in total. The van der Waals surface area contributed by atoms with Crippen LogP contribution in [0.2, 0.25) is 19.6 Å². The van der Waals surface area contributed by atoms with E-state index in [9.17, 15) is 0 Å². The molecule has 0 spiro atoms. The van der Waals surface area contributed by atoms with Crippen molar-refractivity contribution in [3.8, 4) is 22.6 Å². The summed E-state index contributed by atoms with van der Waals surface area (Å²) >= 11 is 0. The van der Waals surface area contributed by atoms with Crippen molar-refractivity contribution in [1.82, 2.24) is 0 Å². The van der Waals surface area contributed by atoms with Gasteiger partial charge in [-0.2, -0.15) is 0 Å². The molecule has 1 aliphatic heterocycles. The van der Waals surface area contributed by atoms with Crippen molar-refractivity contribution < 1.29 is 9.31 Å². The summed E-state index contributed by atoms with van der Waals surface area (Å²) in [6, 6.07) is 16.9. The molecule has 0 aromatic heterocycles. The molecule has 0 bridgehead atoms. The van der Waals surface area contributed by atoms with Crippen LogP contribution in [-0.4, -0.2) is 28.4 Å². The Morgan fingerprint density at radius 3 is 1.85 bits per heavy atom. The average Bonchev–Trinajstić information content (AvgIpc) is 2.60. The van der Waals surface area contributed by atoms with E-state index in [0.717, 1.165) is 24.2 Å². The molecule has 1 aliphatic rings. The van der Waals surface area contributed by atoms with E-state index in [0.29, 0.717) is 0 Å². The second kappa shape index (κ2) is 7.44. The van der Waals surface area contributed by atoms with Gasteiger partial charge >= 0.3 is 7.12 Å². The van der Waals surface area contributed by atoms with Crippen molar-refractivity contribution in [2.75, 3.05) is 13.2 Å². The number of hydrogen-bond acceptors (Lipinski definition) is 2. The second-order valence-electron chi connectivity index (χ2n) is 8.82. The number of benzene rings is 2. The van der Waals surface area contributed by atoms with Gasteiger partial charge in [0.15, 0.2) is 0 Å². The molecule has 2 aromatic carbocycles. The van der Waals surface area contributed by atoms with Gasteiger partial charge in [-0.1, -0.05) is 75.8 Å². The van der Waals surface area contributed by atoms with Crippen molar-refractivity contribution in [3.05, 3.63) is 54.1 Å². The van der Waals surface area contributed by atoms with Crippen LogP contribution in [0.4, 0.5) is 0 Å². The van der Waals surface area contributed by atoms with Crippen molar-refractivity contribution in [2.24, 2.45) is 5.41 Å². The molecule has 3 rings (SSSR count). The lowest BCUT2D eigenvalue weighted by Crippen LogP contribution is -2.47. The van der Waals surface area contributed by atoms with E-state index in [2.05, 4.69) is 93.5 Å². The largest absolute Gasteiger partial charge is 0.493 e. The lowest BCUT2D eigenvalue weighted by molar-refractivity contribution is 0.0343. The first-order chi connectivity index (χ1) is 12.2. The van der Waals surface area contributed by atoms with E-state index in [-0.39, 0.29) is 12.5 Å². The van der Waals surface area contributed by atoms with Gasteiger partial charge in [0, 0.05) is 24.2 Å². The smallest absolute Gasteiger partial charge is 0.407 e. The first-order valence-corrected chi connectivity index (χ1v) is 12.7. The van der Waals surface area contributed by atoms with Gasteiger partial charge in [0.1, 0.15) is 8.07 Å². The van der Waals surface area contributed by atoms with E-state index in [1.807, 2.05) is 0 Å². The Hall–Kier alpha value is -1.80. The van der Waals surface area contributed by atoms with Crippen LogP contribution in [0.5, 0.6) is 0 Å². The molecule has 0 aliphatic carbocycles.